The van der Waals surface area contributed by atoms with E-state index in [4.69, 9.17) is 4.98 Å². The highest BCUT2D eigenvalue weighted by Gasteiger charge is 2.25. The van der Waals surface area contributed by atoms with Gasteiger partial charge >= 0.3 is 0 Å². The average molecular weight is 266 g/mol. The van der Waals surface area contributed by atoms with Gasteiger partial charge in [0.15, 0.2) is 0 Å². The lowest BCUT2D eigenvalue weighted by molar-refractivity contribution is 0.414. The molecule has 2 aromatic rings. The predicted octanol–water partition coefficient (Wildman–Crippen LogP) is 3.97. The smallest absolute Gasteiger partial charge is 0.0751 e. The Morgan fingerprint density at radius 3 is 2.55 bits per heavy atom. The summed E-state index contributed by atoms with van der Waals surface area (Å²) in [4.78, 5) is 4.70. The second-order valence-corrected chi connectivity index (χ2v) is 5.68. The van der Waals surface area contributed by atoms with Gasteiger partial charge in [0.2, 0.25) is 0 Å². The largest absolute Gasteiger partial charge is 0.308 e. The van der Waals surface area contributed by atoms with E-state index in [-0.39, 0.29) is 6.04 Å². The summed E-state index contributed by atoms with van der Waals surface area (Å²) >= 11 is 0. The molecule has 20 heavy (non-hydrogen) atoms. The number of hydrogen-bond donors (Lipinski definition) is 1. The molecule has 0 spiro atoms. The fraction of sp³-hybridized carbons (Fsp3) is 0.389. The van der Waals surface area contributed by atoms with Crippen molar-refractivity contribution in [3.05, 3.63) is 65.0 Å². The van der Waals surface area contributed by atoms with Crippen molar-refractivity contribution in [2.45, 2.75) is 38.1 Å². The van der Waals surface area contributed by atoms with E-state index in [1.165, 1.54) is 30.4 Å². The van der Waals surface area contributed by atoms with Gasteiger partial charge in [0.1, 0.15) is 0 Å². The average Bonchev–Trinajstić information content (AvgIpc) is 2.40. The monoisotopic (exact) mass is 266 g/mol. The van der Waals surface area contributed by atoms with Crippen LogP contribution in [-0.4, -0.2) is 12.0 Å². The summed E-state index contributed by atoms with van der Waals surface area (Å²) in [6.45, 7) is 2.05. The third kappa shape index (κ3) is 2.48. The number of aromatic nitrogens is 1. The van der Waals surface area contributed by atoms with E-state index in [2.05, 4.69) is 41.7 Å². The van der Waals surface area contributed by atoms with Crippen LogP contribution in [0.2, 0.25) is 0 Å². The molecule has 1 aliphatic carbocycles. The maximum atomic E-state index is 4.70. The Hall–Kier alpha value is -1.67. The molecule has 1 aromatic heterocycles. The van der Waals surface area contributed by atoms with Gasteiger partial charge in [0, 0.05) is 5.69 Å². The van der Waals surface area contributed by atoms with Crippen molar-refractivity contribution in [1.29, 1.82) is 0 Å². The number of rotatable bonds is 4. The van der Waals surface area contributed by atoms with Crippen LogP contribution in [0.4, 0.5) is 0 Å². The van der Waals surface area contributed by atoms with Crippen molar-refractivity contribution >= 4 is 0 Å². The molecule has 1 N–H and O–H groups in total. The molecule has 1 heterocycles. The maximum Gasteiger partial charge on any atom is 0.0751 e. The Morgan fingerprint density at radius 2 is 1.90 bits per heavy atom. The first-order valence-electron chi connectivity index (χ1n) is 7.49. The molecular formula is C18H22N2. The second-order valence-electron chi connectivity index (χ2n) is 5.68. The van der Waals surface area contributed by atoms with Gasteiger partial charge in [-0.2, -0.15) is 0 Å². The first-order valence-corrected chi connectivity index (χ1v) is 7.49. The van der Waals surface area contributed by atoms with Crippen molar-refractivity contribution in [2.24, 2.45) is 0 Å². The fourth-order valence-electron chi connectivity index (χ4n) is 3.05. The van der Waals surface area contributed by atoms with Gasteiger partial charge in [-0.3, -0.25) is 4.98 Å². The maximum absolute atomic E-state index is 4.70. The van der Waals surface area contributed by atoms with Gasteiger partial charge < -0.3 is 5.32 Å². The molecule has 3 rings (SSSR count). The molecule has 0 amide bonds. The van der Waals surface area contributed by atoms with E-state index < -0.39 is 0 Å². The summed E-state index contributed by atoms with van der Waals surface area (Å²) in [7, 11) is 2.02. The summed E-state index contributed by atoms with van der Waals surface area (Å²) in [6.07, 6.45) is 4.02. The van der Waals surface area contributed by atoms with Gasteiger partial charge in [-0.25, -0.2) is 0 Å². The third-order valence-electron chi connectivity index (χ3n) is 4.35. The second kappa shape index (κ2) is 5.76. The van der Waals surface area contributed by atoms with E-state index in [1.807, 2.05) is 20.0 Å². The molecular weight excluding hydrogens is 244 g/mol. The van der Waals surface area contributed by atoms with Crippen molar-refractivity contribution in [1.82, 2.24) is 10.3 Å². The summed E-state index contributed by atoms with van der Waals surface area (Å²) < 4.78 is 0. The van der Waals surface area contributed by atoms with Gasteiger partial charge in [-0.1, -0.05) is 36.8 Å². The zero-order valence-corrected chi connectivity index (χ0v) is 12.3. The van der Waals surface area contributed by atoms with Crippen LogP contribution in [0.25, 0.3) is 0 Å². The number of hydrogen-bond acceptors (Lipinski definition) is 2. The van der Waals surface area contributed by atoms with E-state index in [0.717, 1.165) is 17.3 Å². The lowest BCUT2D eigenvalue weighted by atomic mass is 9.77. The molecule has 1 atom stereocenters. The quantitative estimate of drug-likeness (QED) is 0.906. The minimum absolute atomic E-state index is 0.187. The highest BCUT2D eigenvalue weighted by Crippen LogP contribution is 2.40. The molecule has 0 saturated heterocycles. The summed E-state index contributed by atoms with van der Waals surface area (Å²) in [5, 5.41) is 3.44. The Balaban J connectivity index is 2.01. The normalized spacial score (nSPS) is 16.7. The molecule has 1 fully saturated rings. The van der Waals surface area contributed by atoms with Crippen LogP contribution in [0.15, 0.2) is 42.5 Å². The number of nitrogens with one attached hydrogen (secondary N) is 1. The molecule has 1 aliphatic rings. The molecule has 0 bridgehead atoms. The topological polar surface area (TPSA) is 24.9 Å². The SMILES string of the molecule is CNC(c1cccc(C)n1)c1ccccc1C1CCC1. The van der Waals surface area contributed by atoms with Gasteiger partial charge in [-0.15, -0.1) is 0 Å². The molecule has 1 saturated carbocycles. The summed E-state index contributed by atoms with van der Waals surface area (Å²) in [5.41, 5.74) is 5.07. The predicted molar refractivity (Wildman–Crippen MR) is 82.9 cm³/mol. The number of aryl methyl sites for hydroxylation is 1. The molecule has 1 aromatic carbocycles. The van der Waals surface area contributed by atoms with Crippen LogP contribution in [0.1, 0.15) is 53.7 Å². The number of pyridine rings is 1. The van der Waals surface area contributed by atoms with Crippen LogP contribution in [0, 0.1) is 6.92 Å². The van der Waals surface area contributed by atoms with Crippen LogP contribution in [0.3, 0.4) is 0 Å². The van der Waals surface area contributed by atoms with Crippen molar-refractivity contribution in [2.75, 3.05) is 7.05 Å². The highest BCUT2D eigenvalue weighted by atomic mass is 14.9. The van der Waals surface area contributed by atoms with Gasteiger partial charge in [0.25, 0.3) is 0 Å². The van der Waals surface area contributed by atoms with Gasteiger partial charge in [0.05, 0.1) is 11.7 Å². The van der Waals surface area contributed by atoms with E-state index in [9.17, 15) is 0 Å². The Labute approximate surface area is 121 Å². The van der Waals surface area contributed by atoms with E-state index in [1.54, 1.807) is 0 Å². The Morgan fingerprint density at radius 1 is 1.10 bits per heavy atom. The van der Waals surface area contributed by atoms with Crippen LogP contribution in [0.5, 0.6) is 0 Å². The minimum Gasteiger partial charge on any atom is -0.308 e. The molecule has 0 aliphatic heterocycles. The van der Waals surface area contributed by atoms with Crippen LogP contribution >= 0.6 is 0 Å². The molecule has 1 unspecified atom stereocenters. The lowest BCUT2D eigenvalue weighted by Crippen LogP contribution is -2.22. The molecule has 2 nitrogen and oxygen atoms in total. The standard InChI is InChI=1S/C18H22N2/c1-13-7-5-12-17(20-13)18(19-2)16-11-4-3-10-15(16)14-8-6-9-14/h3-5,7,10-12,14,18-19H,6,8-9H2,1-2H3. The fourth-order valence-corrected chi connectivity index (χ4v) is 3.05. The minimum atomic E-state index is 0.187. The zero-order chi connectivity index (χ0) is 13.9. The molecule has 0 radical (unpaired) electrons. The van der Waals surface area contributed by atoms with E-state index >= 15 is 0 Å². The van der Waals surface area contributed by atoms with Crippen molar-refractivity contribution in [3.8, 4) is 0 Å². The van der Waals surface area contributed by atoms with Crippen LogP contribution in [-0.2, 0) is 0 Å². The lowest BCUT2D eigenvalue weighted by Gasteiger charge is -2.30. The first-order chi connectivity index (χ1) is 9.79. The third-order valence-corrected chi connectivity index (χ3v) is 4.35. The van der Waals surface area contributed by atoms with Gasteiger partial charge in [-0.05, 0) is 56.0 Å². The van der Waals surface area contributed by atoms with E-state index in [0.29, 0.717) is 0 Å². The Bertz CT molecular complexity index is 587. The van der Waals surface area contributed by atoms with Crippen molar-refractivity contribution < 1.29 is 0 Å². The first kappa shape index (κ1) is 13.3. The molecule has 104 valence electrons. The summed E-state index contributed by atoms with van der Waals surface area (Å²) in [5.74, 6) is 0.742. The van der Waals surface area contributed by atoms with Crippen molar-refractivity contribution in [3.63, 3.8) is 0 Å². The highest BCUT2D eigenvalue weighted by molar-refractivity contribution is 5.38. The number of benzene rings is 1. The zero-order valence-electron chi connectivity index (χ0n) is 12.3. The molecule has 2 heteroatoms. The number of nitrogens with zero attached hydrogens (tertiary/aromatic N) is 1. The van der Waals surface area contributed by atoms with Crippen LogP contribution < -0.4 is 5.32 Å². The summed E-state index contributed by atoms with van der Waals surface area (Å²) in [6, 6.07) is 15.3. The Kier molecular flexibility index (Phi) is 3.83.